The molecule has 2 rings (SSSR count). The van der Waals surface area contributed by atoms with Crippen molar-refractivity contribution in [3.63, 3.8) is 0 Å². The number of rotatable bonds is 6. The van der Waals surface area contributed by atoms with E-state index in [2.05, 4.69) is 0 Å². The summed E-state index contributed by atoms with van der Waals surface area (Å²) in [6.45, 7) is -0.308. The van der Waals surface area contributed by atoms with Crippen molar-refractivity contribution in [1.29, 1.82) is 0 Å². The first kappa shape index (κ1) is 17.2. The van der Waals surface area contributed by atoms with Crippen LogP contribution < -0.4 is 10.5 Å². The highest BCUT2D eigenvalue weighted by molar-refractivity contribution is 6.30. The van der Waals surface area contributed by atoms with Gasteiger partial charge >= 0.3 is 5.69 Å². The van der Waals surface area contributed by atoms with Gasteiger partial charge in [-0.25, -0.2) is 0 Å². The van der Waals surface area contributed by atoms with Crippen LogP contribution in [0.15, 0.2) is 36.4 Å². The summed E-state index contributed by atoms with van der Waals surface area (Å²) < 4.78 is 5.31. The molecule has 0 heterocycles. The predicted octanol–water partition coefficient (Wildman–Crippen LogP) is 2.83. The molecule has 9 nitrogen and oxygen atoms in total. The van der Waals surface area contributed by atoms with Crippen LogP contribution in [0.4, 0.5) is 11.4 Å². The Balaban J connectivity index is 2.31. The number of carbonyl (C=O) groups excluding carboxylic acids is 1. The lowest BCUT2D eigenvalue weighted by atomic mass is 10.1. The topological polar surface area (TPSA) is 139 Å². The van der Waals surface area contributed by atoms with Gasteiger partial charge in [0, 0.05) is 22.7 Å². The van der Waals surface area contributed by atoms with Gasteiger partial charge in [0.15, 0.2) is 5.75 Å². The Bertz CT molecular complexity index is 839. The summed E-state index contributed by atoms with van der Waals surface area (Å²) in [5.74, 6) is -0.892. The molecule has 0 fully saturated rings. The van der Waals surface area contributed by atoms with E-state index in [0.717, 1.165) is 12.1 Å². The second-order valence-corrected chi connectivity index (χ2v) is 5.06. The molecular formula is C14H10ClN3O6. The van der Waals surface area contributed by atoms with Crippen molar-refractivity contribution in [3.05, 3.63) is 72.8 Å². The number of carbonyl (C=O) groups is 1. The van der Waals surface area contributed by atoms with Gasteiger partial charge in [-0.3, -0.25) is 25.0 Å². The molecule has 0 unspecified atom stereocenters. The number of hydrogen-bond donors (Lipinski definition) is 1. The molecule has 1 amide bonds. The molecule has 24 heavy (non-hydrogen) atoms. The molecule has 10 heteroatoms. The van der Waals surface area contributed by atoms with Gasteiger partial charge in [-0.2, -0.15) is 0 Å². The average Bonchev–Trinajstić information content (AvgIpc) is 2.53. The SMILES string of the molecule is NC(=O)c1ccc(COc2ccc(Cl)cc2[N+](=O)[O-])c([N+](=O)[O-])c1. The third kappa shape index (κ3) is 3.76. The lowest BCUT2D eigenvalue weighted by Crippen LogP contribution is -2.12. The number of halogens is 1. The number of benzene rings is 2. The number of primary amides is 1. The number of nitrogens with two attached hydrogens (primary N) is 1. The van der Waals surface area contributed by atoms with Crippen molar-refractivity contribution in [2.45, 2.75) is 6.61 Å². The average molecular weight is 352 g/mol. The van der Waals surface area contributed by atoms with Crippen LogP contribution >= 0.6 is 11.6 Å². The summed E-state index contributed by atoms with van der Waals surface area (Å²) in [5, 5.41) is 22.2. The Kier molecular flexibility index (Phi) is 4.95. The molecule has 0 bridgehead atoms. The number of nitro groups is 2. The monoisotopic (exact) mass is 351 g/mol. The summed E-state index contributed by atoms with van der Waals surface area (Å²) in [7, 11) is 0. The molecule has 0 aliphatic carbocycles. The molecule has 124 valence electrons. The van der Waals surface area contributed by atoms with Gasteiger partial charge < -0.3 is 10.5 Å². The van der Waals surface area contributed by atoms with Gasteiger partial charge in [0.1, 0.15) is 6.61 Å². The Hall–Kier alpha value is -3.20. The molecule has 0 aliphatic rings. The molecule has 0 spiro atoms. The van der Waals surface area contributed by atoms with Crippen molar-refractivity contribution < 1.29 is 19.4 Å². The fraction of sp³-hybridized carbons (Fsp3) is 0.0714. The first-order valence-corrected chi connectivity index (χ1v) is 6.81. The van der Waals surface area contributed by atoms with E-state index in [4.69, 9.17) is 22.1 Å². The Morgan fingerprint density at radius 3 is 2.33 bits per heavy atom. The molecule has 0 saturated carbocycles. The zero-order valence-electron chi connectivity index (χ0n) is 12.0. The van der Waals surface area contributed by atoms with E-state index in [-0.39, 0.29) is 39.9 Å². The van der Waals surface area contributed by atoms with Gasteiger partial charge in [0.2, 0.25) is 5.91 Å². The molecule has 0 aliphatic heterocycles. The Morgan fingerprint density at radius 1 is 1.08 bits per heavy atom. The normalized spacial score (nSPS) is 10.2. The molecule has 2 aromatic carbocycles. The molecule has 2 N–H and O–H groups in total. The van der Waals surface area contributed by atoms with Crippen LogP contribution in [0.1, 0.15) is 15.9 Å². The molecule has 0 aromatic heterocycles. The molecule has 0 radical (unpaired) electrons. The van der Waals surface area contributed by atoms with Crippen LogP contribution in [0.3, 0.4) is 0 Å². The second-order valence-electron chi connectivity index (χ2n) is 4.62. The first-order chi connectivity index (χ1) is 11.3. The lowest BCUT2D eigenvalue weighted by Gasteiger charge is -2.08. The summed E-state index contributed by atoms with van der Waals surface area (Å²) in [6, 6.07) is 7.45. The quantitative estimate of drug-likeness (QED) is 0.627. The van der Waals surface area contributed by atoms with E-state index in [1.165, 1.54) is 24.3 Å². The molecule has 0 saturated heterocycles. The smallest absolute Gasteiger partial charge is 0.312 e. The maximum absolute atomic E-state index is 11.1. The van der Waals surface area contributed by atoms with Crippen molar-refractivity contribution >= 4 is 28.9 Å². The molecule has 2 aromatic rings. The fourth-order valence-electron chi connectivity index (χ4n) is 1.92. The predicted molar refractivity (Wildman–Crippen MR) is 84.1 cm³/mol. The van der Waals surface area contributed by atoms with Crippen LogP contribution in [0, 0.1) is 20.2 Å². The first-order valence-electron chi connectivity index (χ1n) is 6.43. The largest absolute Gasteiger partial charge is 0.482 e. The van der Waals surface area contributed by atoms with Gasteiger partial charge in [0.25, 0.3) is 5.69 Å². The third-order valence-corrected chi connectivity index (χ3v) is 3.30. The van der Waals surface area contributed by atoms with Crippen LogP contribution in [-0.4, -0.2) is 15.8 Å². The van der Waals surface area contributed by atoms with Crippen LogP contribution in [0.2, 0.25) is 5.02 Å². The summed E-state index contributed by atoms with van der Waals surface area (Å²) in [5.41, 5.74) is 4.46. The summed E-state index contributed by atoms with van der Waals surface area (Å²) >= 11 is 5.70. The van der Waals surface area contributed by atoms with E-state index >= 15 is 0 Å². The van der Waals surface area contributed by atoms with E-state index in [1.807, 2.05) is 0 Å². The zero-order chi connectivity index (χ0) is 17.9. The maximum atomic E-state index is 11.1. The number of nitrogens with zero attached hydrogens (tertiary/aromatic N) is 2. The van der Waals surface area contributed by atoms with Crippen LogP contribution in [0.5, 0.6) is 5.75 Å². The third-order valence-electron chi connectivity index (χ3n) is 3.07. The standard InChI is InChI=1S/C14H10ClN3O6/c15-10-3-4-13(12(6-10)18(22)23)24-7-9-2-1-8(14(16)19)5-11(9)17(20)21/h1-6H,7H2,(H2,16,19). The van der Waals surface area contributed by atoms with E-state index in [9.17, 15) is 25.0 Å². The number of nitro benzene ring substituents is 2. The maximum Gasteiger partial charge on any atom is 0.312 e. The lowest BCUT2D eigenvalue weighted by molar-refractivity contribution is -0.386. The fourth-order valence-corrected chi connectivity index (χ4v) is 2.09. The van der Waals surface area contributed by atoms with Gasteiger partial charge in [0.05, 0.1) is 15.4 Å². The van der Waals surface area contributed by atoms with E-state index < -0.39 is 15.8 Å². The van der Waals surface area contributed by atoms with Gasteiger partial charge in [-0.15, -0.1) is 0 Å². The van der Waals surface area contributed by atoms with Crippen LogP contribution in [0.25, 0.3) is 0 Å². The Morgan fingerprint density at radius 2 is 1.75 bits per heavy atom. The van der Waals surface area contributed by atoms with E-state index in [1.54, 1.807) is 0 Å². The number of ether oxygens (including phenoxy) is 1. The van der Waals surface area contributed by atoms with Crippen molar-refractivity contribution in [2.24, 2.45) is 5.73 Å². The highest BCUT2D eigenvalue weighted by atomic mass is 35.5. The second kappa shape index (κ2) is 6.92. The number of amides is 1. The highest BCUT2D eigenvalue weighted by Gasteiger charge is 2.20. The van der Waals surface area contributed by atoms with Crippen molar-refractivity contribution in [2.75, 3.05) is 0 Å². The summed E-state index contributed by atoms with van der Waals surface area (Å²) in [4.78, 5) is 31.8. The Labute approximate surface area is 139 Å². The minimum atomic E-state index is -0.807. The van der Waals surface area contributed by atoms with E-state index in [0.29, 0.717) is 0 Å². The van der Waals surface area contributed by atoms with Crippen molar-refractivity contribution in [1.82, 2.24) is 0 Å². The molecular weight excluding hydrogens is 342 g/mol. The minimum Gasteiger partial charge on any atom is -0.482 e. The molecule has 0 atom stereocenters. The van der Waals surface area contributed by atoms with Crippen molar-refractivity contribution in [3.8, 4) is 5.75 Å². The van der Waals surface area contributed by atoms with Crippen LogP contribution in [-0.2, 0) is 6.61 Å². The highest BCUT2D eigenvalue weighted by Crippen LogP contribution is 2.31. The minimum absolute atomic E-state index is 0.0251. The van der Waals surface area contributed by atoms with Gasteiger partial charge in [-0.1, -0.05) is 11.6 Å². The zero-order valence-corrected chi connectivity index (χ0v) is 12.7. The van der Waals surface area contributed by atoms with Gasteiger partial charge in [-0.05, 0) is 24.3 Å². The number of hydrogen-bond acceptors (Lipinski definition) is 6. The summed E-state index contributed by atoms with van der Waals surface area (Å²) in [6.07, 6.45) is 0.